The first-order chi connectivity index (χ1) is 17.0. The number of hydrogen-bond donors (Lipinski definition) is 1. The number of phenols is 1. The van der Waals surface area contributed by atoms with Gasteiger partial charge in [-0.1, -0.05) is 6.92 Å². The van der Waals surface area contributed by atoms with E-state index in [4.69, 9.17) is 9.47 Å². The minimum atomic E-state index is -0.406. The third kappa shape index (κ3) is 5.31. The summed E-state index contributed by atoms with van der Waals surface area (Å²) in [7, 11) is 0. The SMILES string of the molecule is C[C@H]1CCN(CCOc2ccc(Oc3c(C(=O)c4ccc(F)cc4)sc4cc(O)ccc34)cc2)C1. The van der Waals surface area contributed by atoms with Gasteiger partial charge in [0.2, 0.25) is 5.78 Å². The van der Waals surface area contributed by atoms with Crippen LogP contribution in [0.25, 0.3) is 10.1 Å². The molecule has 4 aromatic rings. The molecule has 5 rings (SSSR count). The number of thiophene rings is 1. The van der Waals surface area contributed by atoms with E-state index in [0.717, 1.165) is 41.4 Å². The average molecular weight is 492 g/mol. The number of benzene rings is 3. The highest BCUT2D eigenvalue weighted by Crippen LogP contribution is 2.42. The molecule has 0 amide bonds. The molecular formula is C28H26FNO4S. The number of phenolic OH excluding ortho intramolecular Hbond substituents is 1. The number of fused-ring (bicyclic) bond motifs is 1. The Morgan fingerprint density at radius 2 is 1.83 bits per heavy atom. The third-order valence-corrected chi connectivity index (χ3v) is 7.30. The van der Waals surface area contributed by atoms with Crippen LogP contribution < -0.4 is 9.47 Å². The lowest BCUT2D eigenvalue weighted by Crippen LogP contribution is -2.25. The Labute approximate surface area is 207 Å². The summed E-state index contributed by atoms with van der Waals surface area (Å²) < 4.78 is 26.2. The van der Waals surface area contributed by atoms with Crippen molar-refractivity contribution in [1.29, 1.82) is 0 Å². The number of ketones is 1. The molecule has 180 valence electrons. The van der Waals surface area contributed by atoms with Crippen molar-refractivity contribution in [2.75, 3.05) is 26.2 Å². The number of carbonyl (C=O) groups excluding carboxylic acids is 1. The van der Waals surface area contributed by atoms with Crippen LogP contribution in [-0.2, 0) is 0 Å². The fraction of sp³-hybridized carbons (Fsp3) is 0.250. The lowest BCUT2D eigenvalue weighted by molar-refractivity contribution is 0.104. The summed E-state index contributed by atoms with van der Waals surface area (Å²) in [4.78, 5) is 16.1. The molecule has 0 unspecified atom stereocenters. The second kappa shape index (κ2) is 10.1. The Bertz CT molecular complexity index is 1330. The summed E-state index contributed by atoms with van der Waals surface area (Å²) in [5.74, 6) is 1.92. The first-order valence-corrected chi connectivity index (χ1v) is 12.5. The quantitative estimate of drug-likeness (QED) is 0.286. The van der Waals surface area contributed by atoms with Crippen molar-refractivity contribution in [1.82, 2.24) is 4.90 Å². The molecule has 7 heteroatoms. The topological polar surface area (TPSA) is 59.0 Å². The first-order valence-electron chi connectivity index (χ1n) is 11.6. The van der Waals surface area contributed by atoms with Crippen LogP contribution in [0.1, 0.15) is 28.6 Å². The van der Waals surface area contributed by atoms with E-state index in [9.17, 15) is 14.3 Å². The largest absolute Gasteiger partial charge is 0.508 e. The van der Waals surface area contributed by atoms with Gasteiger partial charge in [-0.05, 0) is 85.6 Å². The van der Waals surface area contributed by atoms with Gasteiger partial charge in [-0.25, -0.2) is 4.39 Å². The van der Waals surface area contributed by atoms with Crippen LogP contribution in [0.2, 0.25) is 0 Å². The van der Waals surface area contributed by atoms with Gasteiger partial charge in [0, 0.05) is 28.7 Å². The lowest BCUT2D eigenvalue weighted by Gasteiger charge is -2.15. The second-order valence-corrected chi connectivity index (χ2v) is 9.95. The number of hydrogen-bond acceptors (Lipinski definition) is 6. The van der Waals surface area contributed by atoms with E-state index in [1.807, 2.05) is 24.3 Å². The van der Waals surface area contributed by atoms with Crippen LogP contribution in [0.5, 0.6) is 23.0 Å². The normalized spacial score (nSPS) is 16.0. The zero-order valence-corrected chi connectivity index (χ0v) is 20.2. The number of aromatic hydroxyl groups is 1. The third-order valence-electron chi connectivity index (χ3n) is 6.17. The summed E-state index contributed by atoms with van der Waals surface area (Å²) in [5, 5.41) is 10.6. The fourth-order valence-corrected chi connectivity index (χ4v) is 5.41. The number of halogens is 1. The number of likely N-dealkylation sites (tertiary alicyclic amines) is 1. The number of rotatable bonds is 8. The van der Waals surface area contributed by atoms with E-state index in [1.165, 1.54) is 42.0 Å². The molecule has 0 radical (unpaired) electrons. The van der Waals surface area contributed by atoms with Crippen molar-refractivity contribution < 1.29 is 23.8 Å². The summed E-state index contributed by atoms with van der Waals surface area (Å²) >= 11 is 1.23. The maximum atomic E-state index is 13.4. The highest BCUT2D eigenvalue weighted by molar-refractivity contribution is 7.21. The number of carbonyl (C=O) groups is 1. The predicted molar refractivity (Wildman–Crippen MR) is 136 cm³/mol. The molecule has 3 aromatic carbocycles. The lowest BCUT2D eigenvalue weighted by atomic mass is 10.1. The summed E-state index contributed by atoms with van der Waals surface area (Å²) in [6, 6.07) is 17.6. The van der Waals surface area contributed by atoms with Crippen molar-refractivity contribution in [2.24, 2.45) is 5.92 Å². The molecule has 1 aromatic heterocycles. The molecular weight excluding hydrogens is 465 g/mol. The Morgan fingerprint density at radius 1 is 1.09 bits per heavy atom. The molecule has 0 spiro atoms. The summed E-state index contributed by atoms with van der Waals surface area (Å²) in [5.41, 5.74) is 0.364. The Balaban J connectivity index is 1.34. The molecule has 0 saturated carbocycles. The number of ether oxygens (including phenoxy) is 2. The second-order valence-electron chi connectivity index (χ2n) is 8.89. The van der Waals surface area contributed by atoms with Crippen LogP contribution in [-0.4, -0.2) is 42.0 Å². The maximum Gasteiger partial charge on any atom is 0.206 e. The van der Waals surface area contributed by atoms with E-state index in [1.54, 1.807) is 18.2 Å². The van der Waals surface area contributed by atoms with Gasteiger partial charge >= 0.3 is 0 Å². The Kier molecular flexibility index (Phi) is 6.70. The van der Waals surface area contributed by atoms with Gasteiger partial charge in [-0.2, -0.15) is 0 Å². The standard InChI is InChI=1S/C28H26FNO4S/c1-18-12-13-30(17-18)14-15-33-22-7-9-23(10-8-22)34-27-24-11-6-21(31)16-25(24)35-28(27)26(32)19-2-4-20(29)5-3-19/h2-11,16,18,31H,12-15,17H2,1H3/t18-/m0/s1. The van der Waals surface area contributed by atoms with Crippen molar-refractivity contribution in [2.45, 2.75) is 13.3 Å². The van der Waals surface area contributed by atoms with E-state index in [2.05, 4.69) is 11.8 Å². The maximum absolute atomic E-state index is 13.4. The molecule has 1 atom stereocenters. The van der Waals surface area contributed by atoms with Gasteiger partial charge in [0.15, 0.2) is 5.75 Å². The minimum Gasteiger partial charge on any atom is -0.508 e. The number of nitrogens with zero attached hydrogens (tertiary/aromatic N) is 1. The van der Waals surface area contributed by atoms with Crippen LogP contribution in [0.3, 0.4) is 0 Å². The predicted octanol–water partition coefficient (Wildman–Crippen LogP) is 6.49. The Hall–Kier alpha value is -3.42. The minimum absolute atomic E-state index is 0.107. The van der Waals surface area contributed by atoms with Gasteiger partial charge in [0.1, 0.15) is 34.5 Å². The molecule has 1 saturated heterocycles. The smallest absolute Gasteiger partial charge is 0.206 e. The van der Waals surface area contributed by atoms with Gasteiger partial charge in [-0.3, -0.25) is 9.69 Å². The molecule has 0 aliphatic carbocycles. The molecule has 1 aliphatic rings. The van der Waals surface area contributed by atoms with Gasteiger partial charge in [0.25, 0.3) is 0 Å². The van der Waals surface area contributed by atoms with Gasteiger partial charge in [0.05, 0.1) is 0 Å². The van der Waals surface area contributed by atoms with Crippen molar-refractivity contribution in [3.05, 3.63) is 83.0 Å². The highest BCUT2D eigenvalue weighted by Gasteiger charge is 2.22. The van der Waals surface area contributed by atoms with Crippen molar-refractivity contribution in [3.63, 3.8) is 0 Å². The van der Waals surface area contributed by atoms with Gasteiger partial charge in [-0.15, -0.1) is 11.3 Å². The summed E-state index contributed by atoms with van der Waals surface area (Å²) in [6.45, 7) is 6.06. The first kappa shape index (κ1) is 23.3. The van der Waals surface area contributed by atoms with Crippen molar-refractivity contribution >= 4 is 27.2 Å². The van der Waals surface area contributed by atoms with Crippen LogP contribution >= 0.6 is 11.3 Å². The van der Waals surface area contributed by atoms with Crippen LogP contribution in [0.4, 0.5) is 4.39 Å². The van der Waals surface area contributed by atoms with Gasteiger partial charge < -0.3 is 14.6 Å². The van der Waals surface area contributed by atoms with E-state index in [0.29, 0.717) is 28.5 Å². The van der Waals surface area contributed by atoms with E-state index >= 15 is 0 Å². The molecule has 1 fully saturated rings. The highest BCUT2D eigenvalue weighted by atomic mass is 32.1. The van der Waals surface area contributed by atoms with Crippen molar-refractivity contribution in [3.8, 4) is 23.0 Å². The molecule has 1 aliphatic heterocycles. The zero-order valence-electron chi connectivity index (χ0n) is 19.4. The fourth-order valence-electron chi connectivity index (χ4n) is 4.29. The van der Waals surface area contributed by atoms with Crippen LogP contribution in [0.15, 0.2) is 66.7 Å². The zero-order chi connectivity index (χ0) is 24.4. The Morgan fingerprint density at radius 3 is 2.54 bits per heavy atom. The molecule has 2 heterocycles. The summed E-state index contributed by atoms with van der Waals surface area (Å²) in [6.07, 6.45) is 1.24. The monoisotopic (exact) mass is 491 g/mol. The average Bonchev–Trinajstić information content (AvgIpc) is 3.43. The van der Waals surface area contributed by atoms with E-state index < -0.39 is 5.82 Å². The molecule has 5 nitrogen and oxygen atoms in total. The molecule has 0 bridgehead atoms. The molecule has 1 N–H and O–H groups in total. The van der Waals surface area contributed by atoms with E-state index in [-0.39, 0.29) is 11.5 Å². The van der Waals surface area contributed by atoms with Crippen LogP contribution in [0, 0.1) is 11.7 Å². The molecule has 35 heavy (non-hydrogen) atoms.